The fourth-order valence-corrected chi connectivity index (χ4v) is 4.46. The molecule has 2 heterocycles. The Morgan fingerprint density at radius 2 is 2.10 bits per heavy atom. The van der Waals surface area contributed by atoms with Crippen LogP contribution in [0.1, 0.15) is 19.3 Å². The molecule has 2 atom stereocenters. The van der Waals surface area contributed by atoms with Gasteiger partial charge in [0.15, 0.2) is 0 Å². The van der Waals surface area contributed by atoms with Gasteiger partial charge in [-0.15, -0.1) is 0 Å². The van der Waals surface area contributed by atoms with Gasteiger partial charge in [0.2, 0.25) is 0 Å². The maximum absolute atomic E-state index is 6.16. The van der Waals surface area contributed by atoms with Gasteiger partial charge in [0.25, 0.3) is 0 Å². The molecule has 1 aromatic heterocycles. The van der Waals surface area contributed by atoms with E-state index in [0.29, 0.717) is 18.0 Å². The number of morpholine rings is 1. The summed E-state index contributed by atoms with van der Waals surface area (Å²) in [7, 11) is 0. The molecule has 21 heavy (non-hydrogen) atoms. The van der Waals surface area contributed by atoms with Crippen LogP contribution in [0.2, 0.25) is 0 Å². The van der Waals surface area contributed by atoms with Gasteiger partial charge in [0.05, 0.1) is 24.3 Å². The molecule has 1 saturated carbocycles. The van der Waals surface area contributed by atoms with Crippen LogP contribution >= 0.6 is 11.5 Å². The van der Waals surface area contributed by atoms with Gasteiger partial charge in [-0.3, -0.25) is 0 Å². The number of nitrogens with two attached hydrogens (primary N) is 1. The quantitative estimate of drug-likeness (QED) is 0.926. The first-order chi connectivity index (χ1) is 10.3. The molecule has 2 aromatic rings. The van der Waals surface area contributed by atoms with Crippen LogP contribution in [0.5, 0.6) is 0 Å². The summed E-state index contributed by atoms with van der Waals surface area (Å²) < 4.78 is 10.3. The summed E-state index contributed by atoms with van der Waals surface area (Å²) in [5.74, 6) is 0.641. The Hall–Kier alpha value is -1.59. The monoisotopic (exact) mass is 301 g/mol. The van der Waals surface area contributed by atoms with E-state index in [1.165, 1.54) is 35.8 Å². The molecular formula is C16H19N3OS. The van der Waals surface area contributed by atoms with E-state index < -0.39 is 0 Å². The van der Waals surface area contributed by atoms with E-state index in [-0.39, 0.29) is 0 Å². The summed E-state index contributed by atoms with van der Waals surface area (Å²) in [6, 6.07) is 10.8. The second-order valence-electron chi connectivity index (χ2n) is 5.71. The lowest BCUT2D eigenvalue weighted by Gasteiger charge is -2.38. The molecule has 4 rings (SSSR count). The zero-order valence-electron chi connectivity index (χ0n) is 11.9. The van der Waals surface area contributed by atoms with E-state index in [1.807, 2.05) is 18.2 Å². The highest BCUT2D eigenvalue weighted by atomic mass is 32.1. The highest BCUT2D eigenvalue weighted by Gasteiger charge is 2.38. The van der Waals surface area contributed by atoms with Crippen molar-refractivity contribution in [3.63, 3.8) is 0 Å². The summed E-state index contributed by atoms with van der Waals surface area (Å²) in [5.41, 5.74) is 8.40. The van der Waals surface area contributed by atoms with Crippen molar-refractivity contribution in [3.05, 3.63) is 30.3 Å². The minimum atomic E-state index is 0.380. The van der Waals surface area contributed by atoms with Crippen molar-refractivity contribution < 1.29 is 4.74 Å². The van der Waals surface area contributed by atoms with Crippen molar-refractivity contribution in [3.8, 4) is 11.1 Å². The van der Waals surface area contributed by atoms with Gasteiger partial charge in [-0.25, -0.2) is 0 Å². The topological polar surface area (TPSA) is 51.4 Å². The highest BCUT2D eigenvalue weighted by molar-refractivity contribution is 7.11. The fourth-order valence-electron chi connectivity index (χ4n) is 3.54. The zero-order valence-corrected chi connectivity index (χ0v) is 12.7. The summed E-state index contributed by atoms with van der Waals surface area (Å²) in [6.45, 7) is 1.73. The molecular weight excluding hydrogens is 282 g/mol. The lowest BCUT2D eigenvalue weighted by Crippen LogP contribution is -2.48. The molecule has 2 aliphatic rings. The van der Waals surface area contributed by atoms with E-state index in [1.54, 1.807) is 0 Å². The number of hydrogen-bond acceptors (Lipinski definition) is 5. The number of aromatic nitrogens is 1. The standard InChI is InChI=1S/C16H19N3OS/c17-15-14(11-5-2-1-3-6-11)16(21-18-15)19-9-10-20-13-8-4-7-12(13)19/h1-3,5-6,12-13H,4,7-10H2,(H2,17,18). The van der Waals surface area contributed by atoms with E-state index >= 15 is 0 Å². The lowest BCUT2D eigenvalue weighted by molar-refractivity contribution is 0.0259. The van der Waals surface area contributed by atoms with E-state index in [2.05, 4.69) is 21.4 Å². The van der Waals surface area contributed by atoms with Crippen LogP contribution in [-0.4, -0.2) is 29.7 Å². The molecule has 0 bridgehead atoms. The van der Waals surface area contributed by atoms with Crippen LogP contribution < -0.4 is 10.6 Å². The first-order valence-corrected chi connectivity index (χ1v) is 8.31. The molecule has 110 valence electrons. The number of fused-ring (bicyclic) bond motifs is 1. The zero-order chi connectivity index (χ0) is 14.2. The van der Waals surface area contributed by atoms with Gasteiger partial charge in [-0.05, 0) is 36.4 Å². The van der Waals surface area contributed by atoms with Crippen LogP contribution in [0.25, 0.3) is 11.1 Å². The van der Waals surface area contributed by atoms with Crippen molar-refractivity contribution in [2.45, 2.75) is 31.4 Å². The van der Waals surface area contributed by atoms with Gasteiger partial charge in [0, 0.05) is 6.54 Å². The Balaban J connectivity index is 1.76. The number of benzene rings is 1. The van der Waals surface area contributed by atoms with Gasteiger partial charge in [0.1, 0.15) is 10.8 Å². The van der Waals surface area contributed by atoms with Crippen molar-refractivity contribution in [2.75, 3.05) is 23.8 Å². The Morgan fingerprint density at radius 3 is 2.95 bits per heavy atom. The molecule has 1 aliphatic heterocycles. The van der Waals surface area contributed by atoms with Gasteiger partial charge >= 0.3 is 0 Å². The molecule has 4 nitrogen and oxygen atoms in total. The SMILES string of the molecule is Nc1nsc(N2CCOC3CCCC32)c1-c1ccccc1. The molecule has 2 N–H and O–H groups in total. The Kier molecular flexibility index (Phi) is 3.31. The molecule has 2 fully saturated rings. The molecule has 1 aliphatic carbocycles. The third-order valence-electron chi connectivity index (χ3n) is 4.51. The van der Waals surface area contributed by atoms with E-state index in [4.69, 9.17) is 10.5 Å². The van der Waals surface area contributed by atoms with E-state index in [0.717, 1.165) is 24.3 Å². The van der Waals surface area contributed by atoms with Crippen LogP contribution in [-0.2, 0) is 4.74 Å². The fraction of sp³-hybridized carbons (Fsp3) is 0.438. The number of nitrogens with zero attached hydrogens (tertiary/aromatic N) is 2. The first kappa shape index (κ1) is 13.1. The number of ether oxygens (including phenoxy) is 1. The summed E-state index contributed by atoms with van der Waals surface area (Å²) in [6.07, 6.45) is 4.01. The minimum Gasteiger partial charge on any atom is -0.382 e. The lowest BCUT2D eigenvalue weighted by atomic mass is 10.1. The molecule has 0 spiro atoms. The number of hydrogen-bond donors (Lipinski definition) is 1. The predicted molar refractivity (Wildman–Crippen MR) is 86.7 cm³/mol. The van der Waals surface area contributed by atoms with Crippen molar-refractivity contribution in [1.82, 2.24) is 4.37 Å². The molecule has 1 saturated heterocycles. The predicted octanol–water partition coefficient (Wildman–Crippen LogP) is 3.15. The molecule has 5 heteroatoms. The third kappa shape index (κ3) is 2.21. The van der Waals surface area contributed by atoms with Crippen LogP contribution in [0.3, 0.4) is 0 Å². The van der Waals surface area contributed by atoms with Crippen LogP contribution in [0.15, 0.2) is 30.3 Å². The Bertz CT molecular complexity index is 628. The second kappa shape index (κ2) is 5.31. The normalized spacial score (nSPS) is 25.0. The average molecular weight is 301 g/mol. The second-order valence-corrected chi connectivity index (χ2v) is 6.47. The van der Waals surface area contributed by atoms with Crippen molar-refractivity contribution in [2.24, 2.45) is 0 Å². The highest BCUT2D eigenvalue weighted by Crippen LogP contribution is 2.43. The average Bonchev–Trinajstić information content (AvgIpc) is 3.14. The van der Waals surface area contributed by atoms with Crippen molar-refractivity contribution in [1.29, 1.82) is 0 Å². The number of anilines is 2. The Labute approximate surface area is 128 Å². The number of rotatable bonds is 2. The van der Waals surface area contributed by atoms with Gasteiger partial charge in [-0.2, -0.15) is 4.37 Å². The smallest absolute Gasteiger partial charge is 0.147 e. The minimum absolute atomic E-state index is 0.380. The van der Waals surface area contributed by atoms with Gasteiger partial charge in [-0.1, -0.05) is 30.3 Å². The van der Waals surface area contributed by atoms with Gasteiger partial charge < -0.3 is 15.4 Å². The number of nitrogen functional groups attached to an aromatic ring is 1. The molecule has 2 unspecified atom stereocenters. The summed E-state index contributed by atoms with van der Waals surface area (Å²) >= 11 is 1.52. The van der Waals surface area contributed by atoms with Crippen LogP contribution in [0.4, 0.5) is 10.8 Å². The summed E-state index contributed by atoms with van der Waals surface area (Å²) in [4.78, 5) is 2.48. The maximum atomic E-state index is 6.16. The van der Waals surface area contributed by atoms with Crippen molar-refractivity contribution >= 4 is 22.4 Å². The maximum Gasteiger partial charge on any atom is 0.147 e. The third-order valence-corrected chi connectivity index (χ3v) is 5.41. The first-order valence-electron chi connectivity index (χ1n) is 7.53. The molecule has 0 amide bonds. The van der Waals surface area contributed by atoms with Crippen LogP contribution in [0, 0.1) is 0 Å². The van der Waals surface area contributed by atoms with E-state index in [9.17, 15) is 0 Å². The molecule has 0 radical (unpaired) electrons. The largest absolute Gasteiger partial charge is 0.382 e. The summed E-state index contributed by atoms with van der Waals surface area (Å²) in [5, 5.41) is 1.21. The molecule has 1 aromatic carbocycles. The Morgan fingerprint density at radius 1 is 1.24 bits per heavy atom.